The van der Waals surface area contributed by atoms with Crippen LogP contribution in [0, 0.1) is 12.7 Å². The predicted octanol–water partition coefficient (Wildman–Crippen LogP) is 5.36. The zero-order chi connectivity index (χ0) is 20.2. The molecular weight excluding hydrogens is 381 g/mol. The minimum Gasteiger partial charge on any atom is -0.357 e. The normalized spacial score (nSPS) is 15.9. The molecule has 0 amide bonds. The maximum absolute atomic E-state index is 13.4. The zero-order valence-corrected chi connectivity index (χ0v) is 17.0. The molecule has 3 nitrogen and oxygen atoms in total. The number of rotatable bonds is 4. The third-order valence-electron chi connectivity index (χ3n) is 5.04. The van der Waals surface area contributed by atoms with Crippen LogP contribution in [0.25, 0.3) is 0 Å². The van der Waals surface area contributed by atoms with E-state index in [4.69, 9.17) is 17.3 Å². The number of halogens is 1. The second-order valence-electron chi connectivity index (χ2n) is 7.17. The van der Waals surface area contributed by atoms with E-state index in [1.165, 1.54) is 17.7 Å². The Morgan fingerprint density at radius 3 is 2.41 bits per heavy atom. The van der Waals surface area contributed by atoms with E-state index in [0.29, 0.717) is 18.1 Å². The largest absolute Gasteiger partial charge is 0.357 e. The van der Waals surface area contributed by atoms with Gasteiger partial charge in [0.2, 0.25) is 0 Å². The van der Waals surface area contributed by atoms with Gasteiger partial charge in [-0.3, -0.25) is 0 Å². The topological polar surface area (TPSA) is 27.6 Å². The summed E-state index contributed by atoms with van der Waals surface area (Å²) in [4.78, 5) is 0. The SMILES string of the molecule is Cc1ccc(C2=NN(C(=S)NCc3ccccc3)[C@@H](c3ccc(F)cc3)C2)cc1. The summed E-state index contributed by atoms with van der Waals surface area (Å²) in [5.74, 6) is -0.247. The first-order chi connectivity index (χ1) is 14.1. The molecule has 3 aromatic carbocycles. The van der Waals surface area contributed by atoms with Crippen molar-refractivity contribution in [2.24, 2.45) is 5.10 Å². The predicted molar refractivity (Wildman–Crippen MR) is 119 cm³/mol. The van der Waals surface area contributed by atoms with Gasteiger partial charge in [0.05, 0.1) is 11.8 Å². The minimum atomic E-state index is -0.247. The summed E-state index contributed by atoms with van der Waals surface area (Å²) in [5, 5.41) is 10.6. The summed E-state index contributed by atoms with van der Waals surface area (Å²) in [6, 6.07) is 25.0. The molecule has 3 aromatic rings. The molecule has 29 heavy (non-hydrogen) atoms. The highest BCUT2D eigenvalue weighted by Crippen LogP contribution is 2.33. The molecule has 0 bridgehead atoms. The van der Waals surface area contributed by atoms with E-state index in [9.17, 15) is 4.39 Å². The summed E-state index contributed by atoms with van der Waals surface area (Å²) in [6.45, 7) is 2.69. The van der Waals surface area contributed by atoms with Crippen LogP contribution < -0.4 is 5.32 Å². The Morgan fingerprint density at radius 1 is 1.03 bits per heavy atom. The fourth-order valence-corrected chi connectivity index (χ4v) is 3.66. The van der Waals surface area contributed by atoms with Crippen LogP contribution in [0.4, 0.5) is 4.39 Å². The van der Waals surface area contributed by atoms with Gasteiger partial charge in [0, 0.05) is 13.0 Å². The lowest BCUT2D eigenvalue weighted by Gasteiger charge is -2.25. The van der Waals surface area contributed by atoms with Gasteiger partial charge < -0.3 is 5.32 Å². The number of benzene rings is 3. The Kier molecular flexibility index (Phi) is 5.67. The van der Waals surface area contributed by atoms with Crippen molar-refractivity contribution in [1.82, 2.24) is 10.3 Å². The van der Waals surface area contributed by atoms with Crippen molar-refractivity contribution < 1.29 is 4.39 Å². The Labute approximate surface area is 175 Å². The summed E-state index contributed by atoms with van der Waals surface area (Å²) in [5.41, 5.74) is 5.40. The highest BCUT2D eigenvalue weighted by molar-refractivity contribution is 7.80. The average Bonchev–Trinajstić information content (AvgIpc) is 3.19. The zero-order valence-electron chi connectivity index (χ0n) is 16.2. The standard InChI is InChI=1S/C24H22FN3S/c1-17-7-9-19(10-8-17)22-15-23(20-11-13-21(25)14-12-20)28(27-22)24(29)26-16-18-5-3-2-4-6-18/h2-14,23H,15-16H2,1H3,(H,26,29)/t23-/m1/s1. The molecule has 1 heterocycles. The van der Waals surface area contributed by atoms with Crippen LogP contribution in [-0.4, -0.2) is 15.8 Å². The van der Waals surface area contributed by atoms with Crippen molar-refractivity contribution in [3.63, 3.8) is 0 Å². The minimum absolute atomic E-state index is 0.0670. The molecule has 0 saturated carbocycles. The molecule has 146 valence electrons. The number of hydrogen-bond donors (Lipinski definition) is 1. The molecular formula is C24H22FN3S. The number of aryl methyl sites for hydroxylation is 1. The number of thiocarbonyl (C=S) groups is 1. The molecule has 5 heteroatoms. The van der Waals surface area contributed by atoms with E-state index in [2.05, 4.69) is 48.6 Å². The maximum atomic E-state index is 13.4. The van der Waals surface area contributed by atoms with Gasteiger partial charge in [0.25, 0.3) is 0 Å². The Balaban J connectivity index is 1.58. The number of hydrogen-bond acceptors (Lipinski definition) is 2. The van der Waals surface area contributed by atoms with Gasteiger partial charge in [-0.1, -0.05) is 72.3 Å². The average molecular weight is 404 g/mol. The van der Waals surface area contributed by atoms with E-state index in [0.717, 1.165) is 22.4 Å². The van der Waals surface area contributed by atoms with E-state index < -0.39 is 0 Å². The summed E-state index contributed by atoms with van der Waals surface area (Å²) >= 11 is 5.67. The lowest BCUT2D eigenvalue weighted by Crippen LogP contribution is -2.36. The van der Waals surface area contributed by atoms with Crippen LogP contribution in [-0.2, 0) is 6.54 Å². The van der Waals surface area contributed by atoms with Gasteiger partial charge in [-0.05, 0) is 48.0 Å². The van der Waals surface area contributed by atoms with Gasteiger partial charge in [-0.2, -0.15) is 5.10 Å². The molecule has 1 aliphatic rings. The van der Waals surface area contributed by atoms with Crippen LogP contribution in [0.15, 0.2) is 84.0 Å². The fraction of sp³-hybridized carbons (Fsp3) is 0.167. The first-order valence-electron chi connectivity index (χ1n) is 9.61. The third-order valence-corrected chi connectivity index (χ3v) is 5.38. The van der Waals surface area contributed by atoms with Gasteiger partial charge in [-0.25, -0.2) is 9.40 Å². The molecule has 0 spiro atoms. The lowest BCUT2D eigenvalue weighted by molar-refractivity contribution is 0.363. The molecule has 4 rings (SSSR count). The van der Waals surface area contributed by atoms with Gasteiger partial charge >= 0.3 is 0 Å². The molecule has 0 radical (unpaired) electrons. The second kappa shape index (κ2) is 8.53. The monoisotopic (exact) mass is 403 g/mol. The van der Waals surface area contributed by atoms with Crippen LogP contribution in [0.1, 0.15) is 34.7 Å². The molecule has 0 fully saturated rings. The number of hydrazone groups is 1. The van der Waals surface area contributed by atoms with Crippen molar-refractivity contribution in [3.05, 3.63) is 107 Å². The van der Waals surface area contributed by atoms with E-state index in [1.54, 1.807) is 12.1 Å². The molecule has 0 aromatic heterocycles. The first kappa shape index (κ1) is 19.3. The molecule has 1 aliphatic heterocycles. The smallest absolute Gasteiger partial charge is 0.190 e. The molecule has 1 N–H and O–H groups in total. The van der Waals surface area contributed by atoms with Crippen LogP contribution in [0.5, 0.6) is 0 Å². The highest BCUT2D eigenvalue weighted by atomic mass is 32.1. The third kappa shape index (κ3) is 4.51. The molecule has 0 saturated heterocycles. The summed E-state index contributed by atoms with van der Waals surface area (Å²) in [6.07, 6.45) is 0.710. The number of nitrogens with one attached hydrogen (secondary N) is 1. The van der Waals surface area contributed by atoms with Crippen LogP contribution >= 0.6 is 12.2 Å². The first-order valence-corrected chi connectivity index (χ1v) is 10.0. The second-order valence-corrected chi connectivity index (χ2v) is 7.56. The van der Waals surface area contributed by atoms with Crippen molar-refractivity contribution in [3.8, 4) is 0 Å². The van der Waals surface area contributed by atoms with Crippen molar-refractivity contribution in [2.75, 3.05) is 0 Å². The molecule has 0 aliphatic carbocycles. The Morgan fingerprint density at radius 2 is 1.72 bits per heavy atom. The number of nitrogens with zero attached hydrogens (tertiary/aromatic N) is 2. The Bertz CT molecular complexity index is 1010. The van der Waals surface area contributed by atoms with Crippen LogP contribution in [0.3, 0.4) is 0 Å². The molecule has 0 unspecified atom stereocenters. The van der Waals surface area contributed by atoms with Gasteiger partial charge in [0.1, 0.15) is 5.82 Å². The molecule has 1 atom stereocenters. The van der Waals surface area contributed by atoms with E-state index in [1.807, 2.05) is 23.2 Å². The van der Waals surface area contributed by atoms with Crippen LogP contribution in [0.2, 0.25) is 0 Å². The van der Waals surface area contributed by atoms with Crippen molar-refractivity contribution in [2.45, 2.75) is 25.9 Å². The summed E-state index contributed by atoms with van der Waals surface area (Å²) < 4.78 is 13.4. The lowest BCUT2D eigenvalue weighted by atomic mass is 9.98. The van der Waals surface area contributed by atoms with Crippen molar-refractivity contribution >= 4 is 23.0 Å². The van der Waals surface area contributed by atoms with E-state index in [-0.39, 0.29) is 11.9 Å². The maximum Gasteiger partial charge on any atom is 0.190 e. The van der Waals surface area contributed by atoms with E-state index >= 15 is 0 Å². The highest BCUT2D eigenvalue weighted by Gasteiger charge is 2.31. The van der Waals surface area contributed by atoms with Gasteiger partial charge in [-0.15, -0.1) is 0 Å². The quantitative estimate of drug-likeness (QED) is 0.594. The van der Waals surface area contributed by atoms with Gasteiger partial charge in [0.15, 0.2) is 5.11 Å². The fourth-order valence-electron chi connectivity index (χ4n) is 3.42. The van der Waals surface area contributed by atoms with Crippen molar-refractivity contribution in [1.29, 1.82) is 0 Å². The summed E-state index contributed by atoms with van der Waals surface area (Å²) in [7, 11) is 0. The Hall–Kier alpha value is -3.05.